The molecular formula is C16H21N3O. The zero-order valence-corrected chi connectivity index (χ0v) is 11.8. The quantitative estimate of drug-likeness (QED) is 0.876. The number of benzene rings is 1. The monoisotopic (exact) mass is 271 g/mol. The van der Waals surface area contributed by atoms with Gasteiger partial charge in [-0.25, -0.2) is 0 Å². The number of aromatic nitrogens is 2. The van der Waals surface area contributed by atoms with Crippen molar-refractivity contribution in [3.63, 3.8) is 0 Å². The van der Waals surface area contributed by atoms with Crippen molar-refractivity contribution >= 4 is 0 Å². The normalized spacial score (nSPS) is 18.6. The Balaban J connectivity index is 1.40. The molecule has 0 bridgehead atoms. The molecule has 1 aliphatic heterocycles. The Morgan fingerprint density at radius 2 is 2.30 bits per heavy atom. The van der Waals surface area contributed by atoms with Crippen LogP contribution in [0.2, 0.25) is 0 Å². The molecular weight excluding hydrogens is 250 g/mol. The van der Waals surface area contributed by atoms with Gasteiger partial charge in [0.2, 0.25) is 0 Å². The molecule has 1 aromatic carbocycles. The van der Waals surface area contributed by atoms with E-state index >= 15 is 0 Å². The minimum Gasteiger partial charge on any atom is -0.488 e. The van der Waals surface area contributed by atoms with E-state index in [9.17, 15) is 0 Å². The van der Waals surface area contributed by atoms with Crippen LogP contribution in [0.3, 0.4) is 0 Å². The molecule has 0 spiro atoms. The molecule has 0 aliphatic carbocycles. The third-order valence-corrected chi connectivity index (χ3v) is 3.76. The second kappa shape index (κ2) is 6.09. The smallest absolute Gasteiger partial charge is 0.123 e. The van der Waals surface area contributed by atoms with E-state index in [-0.39, 0.29) is 6.10 Å². The first kappa shape index (κ1) is 13.2. The van der Waals surface area contributed by atoms with Gasteiger partial charge in [0.25, 0.3) is 0 Å². The fourth-order valence-corrected chi connectivity index (χ4v) is 2.56. The van der Waals surface area contributed by atoms with Crippen molar-refractivity contribution in [3.8, 4) is 5.75 Å². The van der Waals surface area contributed by atoms with Crippen molar-refractivity contribution in [3.05, 3.63) is 48.3 Å². The number of hydrogen-bond acceptors (Lipinski definition) is 3. The van der Waals surface area contributed by atoms with Crippen LogP contribution in [-0.2, 0) is 13.0 Å². The molecule has 1 N–H and O–H groups in total. The van der Waals surface area contributed by atoms with Gasteiger partial charge >= 0.3 is 0 Å². The van der Waals surface area contributed by atoms with E-state index in [1.165, 1.54) is 5.56 Å². The highest BCUT2D eigenvalue weighted by molar-refractivity contribution is 5.37. The Hall–Kier alpha value is -1.81. The minimum atomic E-state index is 0.263. The van der Waals surface area contributed by atoms with Gasteiger partial charge in [0.15, 0.2) is 0 Å². The molecule has 3 rings (SSSR count). The number of para-hydroxylation sites is 1. The van der Waals surface area contributed by atoms with Crippen molar-refractivity contribution in [2.24, 2.45) is 0 Å². The molecule has 106 valence electrons. The van der Waals surface area contributed by atoms with Gasteiger partial charge in [-0.3, -0.25) is 4.68 Å². The molecule has 0 fully saturated rings. The zero-order chi connectivity index (χ0) is 13.8. The standard InChI is InChI=1S/C16H21N3O/c1-13(7-10-19-9-4-8-18-19)17-12-15-11-14-5-2-3-6-16(14)20-15/h2-6,8-9,13,15,17H,7,10-12H2,1H3/t13-,15-/m1/s1. The van der Waals surface area contributed by atoms with Gasteiger partial charge < -0.3 is 10.1 Å². The van der Waals surface area contributed by atoms with Gasteiger partial charge in [-0.15, -0.1) is 0 Å². The Labute approximate surface area is 119 Å². The van der Waals surface area contributed by atoms with Gasteiger partial charge in [-0.05, 0) is 31.0 Å². The van der Waals surface area contributed by atoms with Crippen LogP contribution in [0.5, 0.6) is 5.75 Å². The van der Waals surface area contributed by atoms with Crippen LogP contribution >= 0.6 is 0 Å². The second-order valence-corrected chi connectivity index (χ2v) is 5.42. The summed E-state index contributed by atoms with van der Waals surface area (Å²) in [5.41, 5.74) is 1.32. The maximum absolute atomic E-state index is 5.93. The van der Waals surface area contributed by atoms with E-state index < -0.39 is 0 Å². The summed E-state index contributed by atoms with van der Waals surface area (Å²) in [6, 6.07) is 10.7. The third kappa shape index (κ3) is 3.20. The number of fused-ring (bicyclic) bond motifs is 1. The van der Waals surface area contributed by atoms with Gasteiger partial charge in [-0.2, -0.15) is 5.10 Å². The minimum absolute atomic E-state index is 0.263. The highest BCUT2D eigenvalue weighted by atomic mass is 16.5. The second-order valence-electron chi connectivity index (χ2n) is 5.42. The molecule has 0 amide bonds. The number of ether oxygens (including phenoxy) is 1. The fraction of sp³-hybridized carbons (Fsp3) is 0.438. The Morgan fingerprint density at radius 1 is 1.40 bits per heavy atom. The van der Waals surface area contributed by atoms with E-state index in [4.69, 9.17) is 4.74 Å². The molecule has 2 heterocycles. The number of hydrogen-bond donors (Lipinski definition) is 1. The largest absolute Gasteiger partial charge is 0.488 e. The summed E-state index contributed by atoms with van der Waals surface area (Å²) in [7, 11) is 0. The summed E-state index contributed by atoms with van der Waals surface area (Å²) in [6.07, 6.45) is 6.17. The SMILES string of the molecule is C[C@H](CCn1cccn1)NC[C@H]1Cc2ccccc2O1. The number of rotatable bonds is 6. The summed E-state index contributed by atoms with van der Waals surface area (Å²) < 4.78 is 7.90. The lowest BCUT2D eigenvalue weighted by Crippen LogP contribution is -2.36. The molecule has 2 aromatic rings. The van der Waals surface area contributed by atoms with E-state index in [0.29, 0.717) is 6.04 Å². The van der Waals surface area contributed by atoms with Gasteiger partial charge in [-0.1, -0.05) is 18.2 Å². The molecule has 2 atom stereocenters. The highest BCUT2D eigenvalue weighted by Crippen LogP contribution is 2.27. The number of nitrogens with zero attached hydrogens (tertiary/aromatic N) is 2. The number of nitrogens with one attached hydrogen (secondary N) is 1. The molecule has 1 aromatic heterocycles. The van der Waals surface area contributed by atoms with Crippen LogP contribution in [0.4, 0.5) is 0 Å². The van der Waals surface area contributed by atoms with Crippen molar-refractivity contribution in [2.75, 3.05) is 6.54 Å². The Morgan fingerprint density at radius 3 is 3.10 bits per heavy atom. The third-order valence-electron chi connectivity index (χ3n) is 3.76. The highest BCUT2D eigenvalue weighted by Gasteiger charge is 2.22. The van der Waals surface area contributed by atoms with Crippen LogP contribution in [-0.4, -0.2) is 28.5 Å². The van der Waals surface area contributed by atoms with Crippen molar-refractivity contribution in [1.29, 1.82) is 0 Å². The Kier molecular flexibility index (Phi) is 4.02. The average Bonchev–Trinajstić information content (AvgIpc) is 3.11. The predicted octanol–water partition coefficient (Wildman–Crippen LogP) is 2.25. The van der Waals surface area contributed by atoms with Crippen LogP contribution in [0, 0.1) is 0 Å². The number of aryl methyl sites for hydroxylation is 1. The summed E-state index contributed by atoms with van der Waals surface area (Å²) in [5, 5.41) is 7.77. The van der Waals surface area contributed by atoms with Crippen molar-refractivity contribution in [1.82, 2.24) is 15.1 Å². The lowest BCUT2D eigenvalue weighted by atomic mass is 10.1. The summed E-state index contributed by atoms with van der Waals surface area (Å²) >= 11 is 0. The molecule has 4 nitrogen and oxygen atoms in total. The maximum Gasteiger partial charge on any atom is 0.123 e. The average molecular weight is 271 g/mol. The van der Waals surface area contributed by atoms with Crippen LogP contribution in [0.1, 0.15) is 18.9 Å². The van der Waals surface area contributed by atoms with Crippen molar-refractivity contribution < 1.29 is 4.74 Å². The summed E-state index contributed by atoms with van der Waals surface area (Å²) in [4.78, 5) is 0. The first-order valence-electron chi connectivity index (χ1n) is 7.26. The summed E-state index contributed by atoms with van der Waals surface area (Å²) in [5.74, 6) is 1.04. The molecule has 0 unspecified atom stereocenters. The van der Waals surface area contributed by atoms with Crippen molar-refractivity contribution in [2.45, 2.75) is 38.5 Å². The van der Waals surface area contributed by atoms with Crippen LogP contribution in [0.15, 0.2) is 42.7 Å². The van der Waals surface area contributed by atoms with Gasteiger partial charge in [0.1, 0.15) is 11.9 Å². The molecule has 0 saturated heterocycles. The zero-order valence-electron chi connectivity index (χ0n) is 11.8. The van der Waals surface area contributed by atoms with Gasteiger partial charge in [0, 0.05) is 37.9 Å². The summed E-state index contributed by atoms with van der Waals surface area (Å²) in [6.45, 7) is 4.06. The van der Waals surface area contributed by atoms with E-state index in [2.05, 4.69) is 35.5 Å². The van der Waals surface area contributed by atoms with E-state index in [0.717, 1.165) is 31.7 Å². The lowest BCUT2D eigenvalue weighted by molar-refractivity contribution is 0.220. The topological polar surface area (TPSA) is 39.1 Å². The van der Waals surface area contributed by atoms with Crippen LogP contribution < -0.4 is 10.1 Å². The molecule has 0 radical (unpaired) electrons. The lowest BCUT2D eigenvalue weighted by Gasteiger charge is -2.17. The molecule has 20 heavy (non-hydrogen) atoms. The van der Waals surface area contributed by atoms with Crippen LogP contribution in [0.25, 0.3) is 0 Å². The molecule has 0 saturated carbocycles. The fourth-order valence-electron chi connectivity index (χ4n) is 2.56. The molecule has 1 aliphatic rings. The van der Waals surface area contributed by atoms with Gasteiger partial charge in [0.05, 0.1) is 0 Å². The van der Waals surface area contributed by atoms with E-state index in [1.54, 1.807) is 0 Å². The maximum atomic E-state index is 5.93. The first-order valence-corrected chi connectivity index (χ1v) is 7.26. The van der Waals surface area contributed by atoms with E-state index in [1.807, 2.05) is 29.2 Å². The molecule has 4 heteroatoms. The first-order chi connectivity index (χ1) is 9.81. The Bertz CT molecular complexity index is 513. The predicted molar refractivity (Wildman–Crippen MR) is 78.9 cm³/mol.